The maximum Gasteiger partial charge on any atom is 0.229 e. The van der Waals surface area contributed by atoms with Gasteiger partial charge in [0.15, 0.2) is 6.04 Å². The Morgan fingerprint density at radius 2 is 1.20 bits per heavy atom. The number of allylic oxidation sites excluding steroid dienone is 5. The number of aryl methyl sites for hydroxylation is 5. The van der Waals surface area contributed by atoms with E-state index < -0.39 is 0 Å². The molecule has 1 aliphatic carbocycles. The molecular formula is C54H55N4S+. The molecule has 59 heavy (non-hydrogen) atoms. The molecular weight excluding hydrogens is 737 g/mol. The van der Waals surface area contributed by atoms with Crippen LogP contribution in [0.1, 0.15) is 66.0 Å². The van der Waals surface area contributed by atoms with Crippen molar-refractivity contribution in [2.45, 2.75) is 74.4 Å². The highest BCUT2D eigenvalue weighted by Gasteiger charge is 2.29. The standard InChI is InChI=1S/C54H55N4S/c1-35(2)57(51-38(6)20-17-21-39(51)7)45-31-27-43(28-32-45)48(44-29-33-46(34-30-44)58(36(3)4)52-40(8)22-18-23-41(52)9)53-49(42-24-13-12-14-25-42)50(55-10)54(59-53)56(11)47-26-16-15-19-37(47)5/h12-36H,1-9,11H3/q+1. The highest BCUT2D eigenvalue weighted by atomic mass is 32.1. The fraction of sp³-hybridized carbons (Fsp3) is 0.222. The van der Waals surface area contributed by atoms with Gasteiger partial charge in [-0.2, -0.15) is 4.58 Å². The predicted molar refractivity (Wildman–Crippen MR) is 255 cm³/mol. The molecule has 1 aromatic heterocycles. The van der Waals surface area contributed by atoms with Crippen molar-refractivity contribution in [3.63, 3.8) is 0 Å². The summed E-state index contributed by atoms with van der Waals surface area (Å²) in [5.74, 6) is 0. The van der Waals surface area contributed by atoms with Crippen LogP contribution in [0.5, 0.6) is 0 Å². The van der Waals surface area contributed by atoms with Gasteiger partial charge < -0.3 is 9.80 Å². The van der Waals surface area contributed by atoms with Crippen molar-refractivity contribution in [1.29, 1.82) is 0 Å². The zero-order valence-electron chi connectivity index (χ0n) is 36.1. The van der Waals surface area contributed by atoms with Gasteiger partial charge >= 0.3 is 0 Å². The molecule has 0 bridgehead atoms. The Morgan fingerprint density at radius 3 is 1.76 bits per heavy atom. The number of thiophene rings is 1. The maximum atomic E-state index is 8.70. The fourth-order valence-electron chi connectivity index (χ4n) is 8.59. The Balaban J connectivity index is 1.49. The van der Waals surface area contributed by atoms with E-state index >= 15 is 0 Å². The van der Waals surface area contributed by atoms with Gasteiger partial charge in [-0.05, 0) is 126 Å². The van der Waals surface area contributed by atoms with E-state index in [4.69, 9.17) is 6.57 Å². The molecule has 0 amide bonds. The second kappa shape index (κ2) is 17.3. The van der Waals surface area contributed by atoms with Crippen LogP contribution in [0.3, 0.4) is 0 Å². The van der Waals surface area contributed by atoms with E-state index in [9.17, 15) is 0 Å². The lowest BCUT2D eigenvalue weighted by atomic mass is 9.91. The van der Waals surface area contributed by atoms with Gasteiger partial charge in [0.05, 0.1) is 6.57 Å². The molecule has 0 saturated carbocycles. The fourth-order valence-corrected chi connectivity index (χ4v) is 9.92. The van der Waals surface area contributed by atoms with Gasteiger partial charge in [-0.3, -0.25) is 0 Å². The lowest BCUT2D eigenvalue weighted by Crippen LogP contribution is -2.26. The summed E-state index contributed by atoms with van der Waals surface area (Å²) < 4.78 is 2.45. The van der Waals surface area contributed by atoms with Gasteiger partial charge in [-0.1, -0.05) is 97.1 Å². The minimum absolute atomic E-state index is 0.250. The number of rotatable bonds is 10. The van der Waals surface area contributed by atoms with E-state index in [0.29, 0.717) is 5.69 Å². The van der Waals surface area contributed by atoms with Crippen molar-refractivity contribution < 1.29 is 4.58 Å². The Bertz CT molecular complexity index is 2620. The van der Waals surface area contributed by atoms with Crippen molar-refractivity contribution in [3.05, 3.63) is 195 Å². The third kappa shape index (κ3) is 7.98. The highest BCUT2D eigenvalue weighted by molar-refractivity contribution is 7.18. The molecule has 5 aromatic carbocycles. The Morgan fingerprint density at radius 1 is 0.644 bits per heavy atom. The molecule has 4 nitrogen and oxygen atoms in total. The second-order valence-electron chi connectivity index (χ2n) is 16.2. The largest absolute Gasteiger partial charge is 0.345 e. The minimum Gasteiger partial charge on any atom is -0.345 e. The molecule has 0 atom stereocenters. The van der Waals surface area contributed by atoms with Crippen LogP contribution in [0.15, 0.2) is 145 Å². The summed E-state index contributed by atoms with van der Waals surface area (Å²) in [4.78, 5) is 10.0. The number of hydrogen-bond acceptors (Lipinski definition) is 3. The first-order valence-electron chi connectivity index (χ1n) is 20.6. The third-order valence-corrected chi connectivity index (χ3v) is 12.6. The molecule has 1 aliphatic rings. The lowest BCUT2D eigenvalue weighted by molar-refractivity contribution is -0.475. The summed E-state index contributed by atoms with van der Waals surface area (Å²) in [6.07, 6.45) is 9.08. The van der Waals surface area contributed by atoms with Crippen LogP contribution in [-0.4, -0.2) is 29.4 Å². The highest BCUT2D eigenvalue weighted by Crippen LogP contribution is 2.54. The maximum absolute atomic E-state index is 8.70. The van der Waals surface area contributed by atoms with Crippen LogP contribution < -0.4 is 9.80 Å². The summed E-state index contributed by atoms with van der Waals surface area (Å²) >= 11 is 1.70. The number of nitrogens with zero attached hydrogens (tertiary/aromatic N) is 4. The summed E-state index contributed by atoms with van der Waals surface area (Å²) in [7, 11) is 2.09. The van der Waals surface area contributed by atoms with Gasteiger partial charge in [-0.25, -0.2) is 4.85 Å². The molecule has 0 spiro atoms. The first-order valence-corrected chi connectivity index (χ1v) is 21.4. The van der Waals surface area contributed by atoms with Gasteiger partial charge in [0.1, 0.15) is 5.00 Å². The van der Waals surface area contributed by atoms with Crippen LogP contribution in [0.4, 0.5) is 33.4 Å². The molecule has 1 heterocycles. The number of benzene rings is 5. The van der Waals surface area contributed by atoms with Crippen LogP contribution in [0.2, 0.25) is 0 Å². The zero-order chi connectivity index (χ0) is 42.0. The number of anilines is 4. The second-order valence-corrected chi connectivity index (χ2v) is 17.2. The SMILES string of the molecule is [C-]#[N+]c1c(N(C)c2ccccc2C)sc(C(=C2C=CC(=[N+](c3c(C)cccc3C)C(C)C)C=C2)c2ccc(N(c3c(C)cccc3C)C(C)C)cc2)c1-c1ccccc1. The van der Waals surface area contributed by atoms with Gasteiger partial charge in [0.25, 0.3) is 0 Å². The molecule has 0 radical (unpaired) electrons. The van der Waals surface area contributed by atoms with Crippen LogP contribution >= 0.6 is 11.3 Å². The monoisotopic (exact) mass is 791 g/mol. The zero-order valence-corrected chi connectivity index (χ0v) is 36.9. The van der Waals surface area contributed by atoms with Crippen molar-refractivity contribution >= 4 is 56.1 Å². The smallest absolute Gasteiger partial charge is 0.229 e. The molecule has 5 heteroatoms. The van der Waals surface area contributed by atoms with Crippen molar-refractivity contribution in [2.24, 2.45) is 0 Å². The van der Waals surface area contributed by atoms with Crippen molar-refractivity contribution in [3.8, 4) is 11.1 Å². The Labute approximate surface area is 356 Å². The van der Waals surface area contributed by atoms with Crippen LogP contribution in [0.25, 0.3) is 21.5 Å². The number of para-hydroxylation sites is 3. The average molecular weight is 792 g/mol. The molecule has 0 saturated heterocycles. The molecule has 296 valence electrons. The molecule has 0 N–H and O–H groups in total. The first-order chi connectivity index (χ1) is 28.4. The van der Waals surface area contributed by atoms with E-state index in [1.54, 1.807) is 11.3 Å². The normalized spacial score (nSPS) is 12.3. The summed E-state index contributed by atoms with van der Waals surface area (Å²) in [6.45, 7) is 28.7. The van der Waals surface area contributed by atoms with Crippen LogP contribution in [-0.2, 0) is 0 Å². The van der Waals surface area contributed by atoms with Gasteiger partial charge in [-0.15, -0.1) is 11.3 Å². The van der Waals surface area contributed by atoms with E-state index in [2.05, 4.69) is 222 Å². The molecule has 0 fully saturated rings. The minimum atomic E-state index is 0.250. The lowest BCUT2D eigenvalue weighted by Gasteiger charge is -2.32. The number of hydrogen-bond donors (Lipinski definition) is 0. The quantitative estimate of drug-likeness (QED) is 0.101. The van der Waals surface area contributed by atoms with E-state index in [0.717, 1.165) is 60.4 Å². The third-order valence-electron chi connectivity index (χ3n) is 11.3. The summed E-state index contributed by atoms with van der Waals surface area (Å²) in [6, 6.07) is 41.5. The Kier molecular flexibility index (Phi) is 12.0. The topological polar surface area (TPSA) is 13.8 Å². The Hall–Kier alpha value is -6.22. The average Bonchev–Trinajstić information content (AvgIpc) is 3.60. The van der Waals surface area contributed by atoms with E-state index in [1.807, 2.05) is 6.07 Å². The molecule has 6 aromatic rings. The van der Waals surface area contributed by atoms with Crippen molar-refractivity contribution in [2.75, 3.05) is 16.8 Å². The van der Waals surface area contributed by atoms with Crippen molar-refractivity contribution in [1.82, 2.24) is 0 Å². The van der Waals surface area contributed by atoms with E-state index in [-0.39, 0.29) is 12.1 Å². The van der Waals surface area contributed by atoms with Crippen LogP contribution in [0, 0.1) is 41.2 Å². The molecule has 7 rings (SSSR count). The molecule has 0 aliphatic heterocycles. The van der Waals surface area contributed by atoms with Gasteiger partial charge in [0, 0.05) is 69.4 Å². The summed E-state index contributed by atoms with van der Waals surface area (Å²) in [5.41, 5.74) is 18.0. The molecule has 0 unspecified atom stereocenters. The summed E-state index contributed by atoms with van der Waals surface area (Å²) in [5, 5.41) is 0.927. The van der Waals surface area contributed by atoms with E-state index in [1.165, 1.54) is 33.6 Å². The predicted octanol–water partition coefficient (Wildman–Crippen LogP) is 14.9. The van der Waals surface area contributed by atoms with Gasteiger partial charge in [0.2, 0.25) is 17.1 Å². The first kappa shape index (κ1) is 41.0.